The van der Waals surface area contributed by atoms with Crippen LogP contribution in [0.4, 0.5) is 11.4 Å². The summed E-state index contributed by atoms with van der Waals surface area (Å²) in [6.45, 7) is 3.94. The first kappa shape index (κ1) is 18.4. The van der Waals surface area contributed by atoms with Crippen molar-refractivity contribution in [2.75, 3.05) is 10.2 Å². The second-order valence-electron chi connectivity index (χ2n) is 7.86. The highest BCUT2D eigenvalue weighted by molar-refractivity contribution is 6.24. The summed E-state index contributed by atoms with van der Waals surface area (Å²) in [7, 11) is 0. The lowest BCUT2D eigenvalue weighted by Gasteiger charge is -2.19. The van der Waals surface area contributed by atoms with Gasteiger partial charge in [-0.15, -0.1) is 0 Å². The first-order valence-corrected chi connectivity index (χ1v) is 9.82. The number of rotatable bonds is 3. The maximum absolute atomic E-state index is 13.0. The van der Waals surface area contributed by atoms with Crippen LogP contribution in [0.25, 0.3) is 0 Å². The number of amides is 3. The van der Waals surface area contributed by atoms with Gasteiger partial charge in [0.15, 0.2) is 0 Å². The van der Waals surface area contributed by atoms with Crippen molar-refractivity contribution in [1.82, 2.24) is 0 Å². The molecule has 2 aromatic carbocycles. The van der Waals surface area contributed by atoms with Crippen LogP contribution in [-0.2, 0) is 9.59 Å². The molecule has 0 aromatic heterocycles. The summed E-state index contributed by atoms with van der Waals surface area (Å²) in [5.74, 6) is -1.13. The predicted molar refractivity (Wildman–Crippen MR) is 108 cm³/mol. The number of nitrogens with one attached hydrogen (secondary N) is 1. The average molecular weight is 376 g/mol. The molecule has 2 aliphatic rings. The number of carbonyl (C=O) groups excluding carboxylic acids is 3. The van der Waals surface area contributed by atoms with Gasteiger partial charge in [-0.2, -0.15) is 0 Å². The average Bonchev–Trinajstić information content (AvgIpc) is 2.92. The Hall–Kier alpha value is -2.95. The molecular weight excluding hydrogens is 352 g/mol. The topological polar surface area (TPSA) is 66.5 Å². The van der Waals surface area contributed by atoms with E-state index in [1.54, 1.807) is 24.3 Å². The molecule has 1 aliphatic carbocycles. The highest BCUT2D eigenvalue weighted by Gasteiger charge is 2.49. The number of hydrogen-bond donors (Lipinski definition) is 1. The SMILES string of the molecule is Cc1cc(C)cc(NC(=O)c2ccccc2N2C(=O)[C@H]3CCCC[C@@H]3C2=O)c1. The van der Waals surface area contributed by atoms with E-state index in [0.29, 0.717) is 16.9 Å². The van der Waals surface area contributed by atoms with E-state index in [2.05, 4.69) is 5.32 Å². The number of nitrogens with zero attached hydrogens (tertiary/aromatic N) is 1. The first-order chi connectivity index (χ1) is 13.5. The summed E-state index contributed by atoms with van der Waals surface area (Å²) >= 11 is 0. The van der Waals surface area contributed by atoms with Crippen LogP contribution < -0.4 is 10.2 Å². The zero-order valence-electron chi connectivity index (χ0n) is 16.2. The number of benzene rings is 2. The summed E-state index contributed by atoms with van der Waals surface area (Å²) in [6, 6.07) is 12.7. The summed E-state index contributed by atoms with van der Waals surface area (Å²) in [5.41, 5.74) is 3.52. The van der Waals surface area contributed by atoms with Gasteiger partial charge in [0, 0.05) is 5.69 Å². The number of anilines is 2. The normalized spacial score (nSPS) is 21.6. The van der Waals surface area contributed by atoms with Crippen LogP contribution in [0.5, 0.6) is 0 Å². The lowest BCUT2D eigenvalue weighted by molar-refractivity contribution is -0.122. The van der Waals surface area contributed by atoms with Crippen LogP contribution in [0.15, 0.2) is 42.5 Å². The van der Waals surface area contributed by atoms with Crippen LogP contribution in [0.2, 0.25) is 0 Å². The van der Waals surface area contributed by atoms with Crippen LogP contribution in [0.3, 0.4) is 0 Å². The summed E-state index contributed by atoms with van der Waals surface area (Å²) < 4.78 is 0. The number of fused-ring (bicyclic) bond motifs is 1. The van der Waals surface area contributed by atoms with Crippen molar-refractivity contribution in [3.63, 3.8) is 0 Å². The van der Waals surface area contributed by atoms with E-state index >= 15 is 0 Å². The van der Waals surface area contributed by atoms with Gasteiger partial charge in [-0.1, -0.05) is 31.0 Å². The molecule has 0 bridgehead atoms. The molecule has 0 unspecified atom stereocenters. The van der Waals surface area contributed by atoms with Crippen molar-refractivity contribution >= 4 is 29.1 Å². The fourth-order valence-electron chi connectivity index (χ4n) is 4.51. The van der Waals surface area contributed by atoms with Gasteiger partial charge in [0.25, 0.3) is 5.91 Å². The van der Waals surface area contributed by atoms with Crippen LogP contribution in [0, 0.1) is 25.7 Å². The molecule has 0 spiro atoms. The summed E-state index contributed by atoms with van der Waals surface area (Å²) in [4.78, 5) is 40.1. The Balaban J connectivity index is 1.66. The molecule has 4 rings (SSSR count). The molecule has 5 heteroatoms. The van der Waals surface area contributed by atoms with Crippen molar-refractivity contribution in [1.29, 1.82) is 0 Å². The van der Waals surface area contributed by atoms with Gasteiger partial charge in [-0.3, -0.25) is 14.4 Å². The minimum atomic E-state index is -0.323. The van der Waals surface area contributed by atoms with Gasteiger partial charge in [-0.25, -0.2) is 4.90 Å². The molecule has 3 amide bonds. The third-order valence-electron chi connectivity index (χ3n) is 5.71. The second kappa shape index (κ2) is 7.23. The maximum atomic E-state index is 13.0. The number of carbonyl (C=O) groups is 3. The molecule has 2 aromatic rings. The minimum Gasteiger partial charge on any atom is -0.322 e. The third-order valence-corrected chi connectivity index (χ3v) is 5.71. The predicted octanol–water partition coefficient (Wildman–Crippen LogP) is 4.24. The summed E-state index contributed by atoms with van der Waals surface area (Å²) in [6.07, 6.45) is 3.46. The van der Waals surface area contributed by atoms with E-state index in [0.717, 1.165) is 36.8 Å². The molecular formula is C23H24N2O3. The Labute approximate surface area is 164 Å². The van der Waals surface area contributed by atoms with Gasteiger partial charge < -0.3 is 5.32 Å². The van der Waals surface area contributed by atoms with Crippen LogP contribution >= 0.6 is 0 Å². The Bertz CT molecular complexity index is 922. The molecule has 1 N–H and O–H groups in total. The number of para-hydroxylation sites is 1. The molecule has 5 nitrogen and oxygen atoms in total. The van der Waals surface area contributed by atoms with E-state index in [4.69, 9.17) is 0 Å². The standard InChI is InChI=1S/C23H24N2O3/c1-14-11-15(2)13-16(12-14)24-21(26)19-9-5-6-10-20(19)25-22(27)17-7-3-4-8-18(17)23(25)28/h5-6,9-13,17-18H,3-4,7-8H2,1-2H3,(H,24,26)/t17-,18-/m0/s1. The van der Waals surface area contributed by atoms with E-state index in [9.17, 15) is 14.4 Å². The number of imide groups is 1. The third kappa shape index (κ3) is 3.21. The fraction of sp³-hybridized carbons (Fsp3) is 0.348. The zero-order chi connectivity index (χ0) is 19.8. The van der Waals surface area contributed by atoms with E-state index in [1.165, 1.54) is 4.90 Å². The van der Waals surface area contributed by atoms with Gasteiger partial charge >= 0.3 is 0 Å². The molecule has 1 aliphatic heterocycles. The van der Waals surface area contributed by atoms with E-state index < -0.39 is 0 Å². The fourth-order valence-corrected chi connectivity index (χ4v) is 4.51. The summed E-state index contributed by atoms with van der Waals surface area (Å²) in [5, 5.41) is 2.91. The molecule has 2 fully saturated rings. The quantitative estimate of drug-likeness (QED) is 0.815. The minimum absolute atomic E-state index is 0.165. The van der Waals surface area contributed by atoms with Crippen molar-refractivity contribution in [2.45, 2.75) is 39.5 Å². The zero-order valence-corrected chi connectivity index (χ0v) is 16.2. The highest BCUT2D eigenvalue weighted by Crippen LogP contribution is 2.41. The smallest absolute Gasteiger partial charge is 0.257 e. The van der Waals surface area contributed by atoms with Gasteiger partial charge in [-0.05, 0) is 62.1 Å². The molecule has 1 saturated carbocycles. The van der Waals surface area contributed by atoms with Crippen LogP contribution in [0.1, 0.15) is 47.2 Å². The van der Waals surface area contributed by atoms with Gasteiger partial charge in [0.05, 0.1) is 23.1 Å². The Kier molecular flexibility index (Phi) is 4.75. The monoisotopic (exact) mass is 376 g/mol. The largest absolute Gasteiger partial charge is 0.322 e. The van der Waals surface area contributed by atoms with Crippen molar-refractivity contribution in [3.8, 4) is 0 Å². The van der Waals surface area contributed by atoms with Gasteiger partial charge in [0.1, 0.15) is 0 Å². The Morgan fingerprint density at radius 1 is 0.929 bits per heavy atom. The number of aryl methyl sites for hydroxylation is 2. The lowest BCUT2D eigenvalue weighted by Crippen LogP contribution is -2.32. The maximum Gasteiger partial charge on any atom is 0.257 e. The van der Waals surface area contributed by atoms with Crippen molar-refractivity contribution < 1.29 is 14.4 Å². The number of hydrogen-bond acceptors (Lipinski definition) is 3. The molecule has 1 saturated heterocycles. The van der Waals surface area contributed by atoms with Gasteiger partial charge in [0.2, 0.25) is 11.8 Å². The lowest BCUT2D eigenvalue weighted by atomic mass is 9.81. The van der Waals surface area contributed by atoms with E-state index in [-0.39, 0.29) is 29.6 Å². The van der Waals surface area contributed by atoms with Crippen molar-refractivity contribution in [2.24, 2.45) is 11.8 Å². The molecule has 1 heterocycles. The van der Waals surface area contributed by atoms with Crippen LogP contribution in [-0.4, -0.2) is 17.7 Å². The van der Waals surface area contributed by atoms with E-state index in [1.807, 2.05) is 32.0 Å². The molecule has 144 valence electrons. The first-order valence-electron chi connectivity index (χ1n) is 9.82. The Morgan fingerprint density at radius 3 is 2.11 bits per heavy atom. The van der Waals surface area contributed by atoms with Crippen molar-refractivity contribution in [3.05, 3.63) is 59.2 Å². The molecule has 0 radical (unpaired) electrons. The molecule has 28 heavy (non-hydrogen) atoms. The molecule has 2 atom stereocenters. The second-order valence-corrected chi connectivity index (χ2v) is 7.86. The Morgan fingerprint density at radius 2 is 1.50 bits per heavy atom. The highest BCUT2D eigenvalue weighted by atomic mass is 16.2.